The molecule has 2 rings (SSSR count). The van der Waals surface area contributed by atoms with Gasteiger partial charge < -0.3 is 4.90 Å². The van der Waals surface area contributed by atoms with Gasteiger partial charge in [0, 0.05) is 20.3 Å². The van der Waals surface area contributed by atoms with Crippen LogP contribution in [0.1, 0.15) is 0 Å². The van der Waals surface area contributed by atoms with Gasteiger partial charge in [-0.2, -0.15) is 15.0 Å². The first-order valence-electron chi connectivity index (χ1n) is 4.93. The number of hydrogen-bond donors (Lipinski definition) is 0. The van der Waals surface area contributed by atoms with E-state index in [2.05, 4.69) is 19.9 Å². The maximum Gasteiger partial charge on any atom is 0.230 e. The van der Waals surface area contributed by atoms with Crippen molar-refractivity contribution in [3.05, 3.63) is 28.6 Å². The van der Waals surface area contributed by atoms with E-state index in [1.165, 1.54) is 11.8 Å². The first kappa shape index (κ1) is 13.3. The minimum atomic E-state index is 0.158. The number of pyridine rings is 1. The van der Waals surface area contributed by atoms with Gasteiger partial charge in [-0.15, -0.1) is 0 Å². The third-order valence-corrected chi connectivity index (χ3v) is 3.08. The molecule has 0 aliphatic heterocycles. The highest BCUT2D eigenvalue weighted by Crippen LogP contribution is 2.25. The molecule has 0 spiro atoms. The van der Waals surface area contributed by atoms with E-state index < -0.39 is 0 Å². The van der Waals surface area contributed by atoms with Gasteiger partial charge in [0.25, 0.3) is 0 Å². The van der Waals surface area contributed by atoms with Gasteiger partial charge in [-0.05, 0) is 35.5 Å². The highest BCUT2D eigenvalue weighted by atomic mass is 35.5. The fourth-order valence-electron chi connectivity index (χ4n) is 1.08. The Hall–Kier alpha value is -1.11. The minimum absolute atomic E-state index is 0.158. The van der Waals surface area contributed by atoms with Gasteiger partial charge in [-0.3, -0.25) is 0 Å². The summed E-state index contributed by atoms with van der Waals surface area (Å²) in [4.78, 5) is 18.2. The molecule has 0 N–H and O–H groups in total. The predicted molar refractivity (Wildman–Crippen MR) is 72.5 cm³/mol. The van der Waals surface area contributed by atoms with Crippen LogP contribution in [0.25, 0.3) is 0 Å². The molecular formula is C10H9Cl2N5S. The lowest BCUT2D eigenvalue weighted by Crippen LogP contribution is -2.13. The second kappa shape index (κ2) is 5.69. The fraction of sp³-hybridized carbons (Fsp3) is 0.200. The van der Waals surface area contributed by atoms with Crippen molar-refractivity contribution in [2.75, 3.05) is 19.0 Å². The van der Waals surface area contributed by atoms with Crippen LogP contribution < -0.4 is 4.90 Å². The van der Waals surface area contributed by atoms with E-state index in [0.717, 1.165) is 5.03 Å². The highest BCUT2D eigenvalue weighted by molar-refractivity contribution is 7.99. The molecule has 18 heavy (non-hydrogen) atoms. The summed E-state index contributed by atoms with van der Waals surface area (Å²) in [6.07, 6.45) is 1.57. The summed E-state index contributed by atoms with van der Waals surface area (Å²) in [7, 11) is 3.67. The Labute approximate surface area is 119 Å². The van der Waals surface area contributed by atoms with Crippen LogP contribution in [0.15, 0.2) is 28.5 Å². The Morgan fingerprint density at radius 2 is 1.89 bits per heavy atom. The Morgan fingerprint density at radius 1 is 1.11 bits per heavy atom. The smallest absolute Gasteiger partial charge is 0.230 e. The van der Waals surface area contributed by atoms with Crippen molar-refractivity contribution in [2.24, 2.45) is 0 Å². The molecule has 94 valence electrons. The first-order valence-corrected chi connectivity index (χ1v) is 6.50. The lowest BCUT2D eigenvalue weighted by molar-refractivity contribution is 0.864. The van der Waals surface area contributed by atoms with E-state index in [-0.39, 0.29) is 5.28 Å². The summed E-state index contributed by atoms with van der Waals surface area (Å²) in [5.41, 5.74) is 0. The minimum Gasteiger partial charge on any atom is -0.347 e. The Balaban J connectivity index is 2.26. The Kier molecular flexibility index (Phi) is 4.21. The zero-order valence-corrected chi connectivity index (χ0v) is 12.0. The largest absolute Gasteiger partial charge is 0.347 e. The standard InChI is InChI=1S/C10H9Cl2N5S/c1-17(2)9-14-8(12)15-10(16-9)18-7-4-3-6(11)5-13-7/h3-5H,1-2H3. The molecule has 0 bridgehead atoms. The molecule has 0 aliphatic rings. The summed E-state index contributed by atoms with van der Waals surface area (Å²) in [6, 6.07) is 3.55. The number of halogens is 2. The lowest BCUT2D eigenvalue weighted by atomic mass is 10.5. The van der Waals surface area contributed by atoms with E-state index in [1.54, 1.807) is 23.2 Å². The first-order chi connectivity index (χ1) is 8.54. The van der Waals surface area contributed by atoms with Crippen LogP contribution in [0.3, 0.4) is 0 Å². The summed E-state index contributed by atoms with van der Waals surface area (Å²) in [5, 5.41) is 1.98. The summed E-state index contributed by atoms with van der Waals surface area (Å²) in [5.74, 6) is 0.506. The highest BCUT2D eigenvalue weighted by Gasteiger charge is 2.08. The molecule has 0 saturated carbocycles. The zero-order valence-electron chi connectivity index (χ0n) is 9.63. The fourth-order valence-corrected chi connectivity index (χ4v) is 2.09. The second-order valence-electron chi connectivity index (χ2n) is 3.50. The molecule has 0 atom stereocenters. The topological polar surface area (TPSA) is 54.8 Å². The maximum absolute atomic E-state index is 5.84. The van der Waals surface area contributed by atoms with Crippen LogP contribution in [-0.4, -0.2) is 34.0 Å². The van der Waals surface area contributed by atoms with Crippen LogP contribution >= 0.6 is 35.0 Å². The molecule has 0 aliphatic carbocycles. The molecule has 0 saturated heterocycles. The maximum atomic E-state index is 5.84. The van der Waals surface area contributed by atoms with Crippen LogP contribution in [0.2, 0.25) is 10.3 Å². The van der Waals surface area contributed by atoms with Crippen molar-refractivity contribution < 1.29 is 0 Å². The molecule has 5 nitrogen and oxygen atoms in total. The molecule has 0 unspecified atom stereocenters. The number of hydrogen-bond acceptors (Lipinski definition) is 6. The number of rotatable bonds is 3. The van der Waals surface area contributed by atoms with Crippen LogP contribution in [0, 0.1) is 0 Å². The summed E-state index contributed by atoms with van der Waals surface area (Å²) < 4.78 is 0. The average Bonchev–Trinajstić information content (AvgIpc) is 2.31. The van der Waals surface area contributed by atoms with Crippen molar-refractivity contribution >= 4 is 40.9 Å². The van der Waals surface area contributed by atoms with Crippen LogP contribution in [0.4, 0.5) is 5.95 Å². The molecule has 0 fully saturated rings. The van der Waals surface area contributed by atoms with Gasteiger partial charge in [0.15, 0.2) is 5.16 Å². The molecular weight excluding hydrogens is 293 g/mol. The van der Waals surface area contributed by atoms with Gasteiger partial charge in [0.05, 0.1) is 5.02 Å². The van der Waals surface area contributed by atoms with E-state index in [4.69, 9.17) is 23.2 Å². The number of aromatic nitrogens is 4. The molecule has 2 aromatic rings. The van der Waals surface area contributed by atoms with Crippen molar-refractivity contribution in [1.82, 2.24) is 19.9 Å². The van der Waals surface area contributed by atoms with Crippen molar-refractivity contribution in [3.8, 4) is 0 Å². The van der Waals surface area contributed by atoms with E-state index in [1.807, 2.05) is 14.1 Å². The van der Waals surface area contributed by atoms with E-state index in [0.29, 0.717) is 16.1 Å². The summed E-state index contributed by atoms with van der Waals surface area (Å²) >= 11 is 12.9. The second-order valence-corrected chi connectivity index (χ2v) is 5.26. The zero-order chi connectivity index (χ0) is 13.1. The number of nitrogens with zero attached hydrogens (tertiary/aromatic N) is 5. The van der Waals surface area contributed by atoms with Crippen molar-refractivity contribution in [2.45, 2.75) is 10.2 Å². The van der Waals surface area contributed by atoms with Gasteiger partial charge >= 0.3 is 0 Å². The number of anilines is 1. The summed E-state index contributed by atoms with van der Waals surface area (Å²) in [6.45, 7) is 0. The van der Waals surface area contributed by atoms with Gasteiger partial charge in [-0.1, -0.05) is 11.6 Å². The third-order valence-electron chi connectivity index (χ3n) is 1.87. The van der Waals surface area contributed by atoms with Crippen molar-refractivity contribution in [3.63, 3.8) is 0 Å². The van der Waals surface area contributed by atoms with Gasteiger partial charge in [0.1, 0.15) is 5.03 Å². The quantitative estimate of drug-likeness (QED) is 0.869. The molecule has 2 aromatic heterocycles. The van der Waals surface area contributed by atoms with E-state index in [9.17, 15) is 0 Å². The average molecular weight is 302 g/mol. The molecule has 2 heterocycles. The molecule has 8 heteroatoms. The lowest BCUT2D eigenvalue weighted by Gasteiger charge is -2.10. The normalized spacial score (nSPS) is 10.4. The predicted octanol–water partition coefficient (Wildman–Crippen LogP) is 2.79. The van der Waals surface area contributed by atoms with Crippen LogP contribution in [-0.2, 0) is 0 Å². The van der Waals surface area contributed by atoms with Crippen molar-refractivity contribution in [1.29, 1.82) is 0 Å². The van der Waals surface area contributed by atoms with Gasteiger partial charge in [-0.25, -0.2) is 4.98 Å². The third kappa shape index (κ3) is 3.44. The molecule has 0 radical (unpaired) electrons. The monoisotopic (exact) mass is 301 g/mol. The van der Waals surface area contributed by atoms with Crippen LogP contribution in [0.5, 0.6) is 0 Å². The van der Waals surface area contributed by atoms with E-state index >= 15 is 0 Å². The van der Waals surface area contributed by atoms with Gasteiger partial charge in [0.2, 0.25) is 11.2 Å². The molecule has 0 amide bonds. The SMILES string of the molecule is CN(C)c1nc(Cl)nc(Sc2ccc(Cl)cn2)n1. The Bertz CT molecular complexity index is 546. The molecule has 0 aromatic carbocycles. The Morgan fingerprint density at radius 3 is 2.50 bits per heavy atom.